The molecular weight excluding hydrogens is 435 g/mol. The van der Waals surface area contributed by atoms with Crippen LogP contribution in [0.3, 0.4) is 0 Å². The highest BCUT2D eigenvalue weighted by molar-refractivity contribution is 5.95. The van der Waals surface area contributed by atoms with Crippen molar-refractivity contribution in [3.05, 3.63) is 65.1 Å². The summed E-state index contributed by atoms with van der Waals surface area (Å²) in [6.45, 7) is 8.37. The van der Waals surface area contributed by atoms with Gasteiger partial charge in [-0.2, -0.15) is 5.10 Å². The van der Waals surface area contributed by atoms with Gasteiger partial charge in [-0.15, -0.1) is 0 Å². The maximum Gasteiger partial charge on any atom is 0.313 e. The van der Waals surface area contributed by atoms with Crippen LogP contribution in [0.2, 0.25) is 0 Å². The fraction of sp³-hybridized carbons (Fsp3) is 0.370. The Morgan fingerprint density at radius 2 is 1.76 bits per heavy atom. The number of carbonyl (C=O) groups excluding carboxylic acids is 2. The number of methoxy groups -OCH3 is 1. The van der Waals surface area contributed by atoms with E-state index in [0.29, 0.717) is 5.69 Å². The van der Waals surface area contributed by atoms with Crippen molar-refractivity contribution < 1.29 is 23.8 Å². The zero-order valence-electron chi connectivity index (χ0n) is 20.2. The van der Waals surface area contributed by atoms with E-state index >= 15 is 0 Å². The van der Waals surface area contributed by atoms with Crippen molar-refractivity contribution in [1.29, 1.82) is 0 Å². The number of halogens is 1. The van der Waals surface area contributed by atoms with Gasteiger partial charge in [0.2, 0.25) is 0 Å². The van der Waals surface area contributed by atoms with E-state index in [2.05, 4.69) is 38.5 Å². The molecule has 0 aliphatic heterocycles. The molecule has 1 unspecified atom stereocenters. The van der Waals surface area contributed by atoms with Crippen molar-refractivity contribution in [3.63, 3.8) is 0 Å². The highest BCUT2D eigenvalue weighted by Crippen LogP contribution is 2.35. The van der Waals surface area contributed by atoms with E-state index in [0.717, 1.165) is 27.9 Å². The standard InChI is InChI=1S/C27H31FN2O4/c1-16(2)23-12-13-24-26(17(3)4)22(11-10-20(31)14-21(32)15-25(33)34-5)27(29-30(23)24)18-6-8-19(28)9-7-18/h6-13,16-17,20,31H,14-15H2,1-5H3. The van der Waals surface area contributed by atoms with Crippen molar-refractivity contribution in [2.24, 2.45) is 0 Å². The molecule has 0 bridgehead atoms. The summed E-state index contributed by atoms with van der Waals surface area (Å²) in [6, 6.07) is 10.2. The number of aliphatic hydroxyl groups excluding tert-OH is 1. The smallest absolute Gasteiger partial charge is 0.313 e. The lowest BCUT2D eigenvalue weighted by molar-refractivity contribution is -0.143. The van der Waals surface area contributed by atoms with E-state index in [-0.39, 0.29) is 30.5 Å². The molecule has 34 heavy (non-hydrogen) atoms. The molecule has 3 rings (SSSR count). The van der Waals surface area contributed by atoms with Crippen LogP contribution in [-0.2, 0) is 14.3 Å². The van der Waals surface area contributed by atoms with Crippen LogP contribution in [0.25, 0.3) is 22.9 Å². The number of carbonyl (C=O) groups is 2. The number of nitrogens with zero attached hydrogens (tertiary/aromatic N) is 2. The number of rotatable bonds is 9. The van der Waals surface area contributed by atoms with E-state index in [1.54, 1.807) is 18.2 Å². The van der Waals surface area contributed by atoms with Crippen molar-refractivity contribution in [1.82, 2.24) is 9.61 Å². The van der Waals surface area contributed by atoms with Gasteiger partial charge in [-0.3, -0.25) is 9.59 Å². The average Bonchev–Trinajstić information content (AvgIpc) is 3.20. The summed E-state index contributed by atoms with van der Waals surface area (Å²) in [5.41, 5.74) is 5.24. The molecule has 2 heterocycles. The number of hydrogen-bond acceptors (Lipinski definition) is 5. The molecule has 1 aromatic carbocycles. The predicted molar refractivity (Wildman–Crippen MR) is 130 cm³/mol. The third kappa shape index (κ3) is 5.59. The first kappa shape index (κ1) is 25.3. The largest absolute Gasteiger partial charge is 0.469 e. The molecule has 0 radical (unpaired) electrons. The minimum atomic E-state index is -1.08. The highest BCUT2D eigenvalue weighted by Gasteiger charge is 2.21. The van der Waals surface area contributed by atoms with Gasteiger partial charge in [0.25, 0.3) is 0 Å². The lowest BCUT2D eigenvalue weighted by atomic mass is 9.93. The van der Waals surface area contributed by atoms with Gasteiger partial charge in [0.05, 0.1) is 24.4 Å². The highest BCUT2D eigenvalue weighted by atomic mass is 19.1. The van der Waals surface area contributed by atoms with Gasteiger partial charge in [-0.25, -0.2) is 8.91 Å². The SMILES string of the molecule is COC(=O)CC(=O)CC(O)C=Cc1c(-c2ccc(F)cc2)nn2c(C(C)C)ccc2c1C(C)C. The molecule has 0 aliphatic carbocycles. The molecule has 0 spiro atoms. The van der Waals surface area contributed by atoms with Gasteiger partial charge in [0.15, 0.2) is 0 Å². The number of ketones is 1. The lowest BCUT2D eigenvalue weighted by Gasteiger charge is -2.18. The maximum atomic E-state index is 13.6. The van der Waals surface area contributed by atoms with Crippen LogP contribution >= 0.6 is 0 Å². The third-order valence-corrected chi connectivity index (χ3v) is 5.68. The molecule has 180 valence electrons. The Kier molecular flexibility index (Phi) is 7.99. The Morgan fingerprint density at radius 1 is 1.09 bits per heavy atom. The van der Waals surface area contributed by atoms with Crippen LogP contribution in [0.1, 0.15) is 69.2 Å². The Balaban J connectivity index is 2.13. The summed E-state index contributed by atoms with van der Waals surface area (Å²) in [5, 5.41) is 15.4. The number of aliphatic hydroxyl groups is 1. The molecule has 2 aromatic heterocycles. The molecule has 1 atom stereocenters. The number of ether oxygens (including phenoxy) is 1. The quantitative estimate of drug-likeness (QED) is 0.343. The average molecular weight is 467 g/mol. The lowest BCUT2D eigenvalue weighted by Crippen LogP contribution is -2.15. The Bertz CT molecular complexity index is 1210. The van der Waals surface area contributed by atoms with Gasteiger partial charge in [0.1, 0.15) is 18.0 Å². The summed E-state index contributed by atoms with van der Waals surface area (Å²) in [5.74, 6) is -1.01. The molecule has 1 N–H and O–H groups in total. The van der Waals surface area contributed by atoms with Crippen molar-refractivity contribution in [3.8, 4) is 11.3 Å². The van der Waals surface area contributed by atoms with Crippen molar-refractivity contribution in [2.75, 3.05) is 7.11 Å². The van der Waals surface area contributed by atoms with E-state index in [1.165, 1.54) is 25.3 Å². The third-order valence-electron chi connectivity index (χ3n) is 5.68. The number of benzene rings is 1. The molecule has 0 aliphatic rings. The first-order valence-electron chi connectivity index (χ1n) is 11.4. The van der Waals surface area contributed by atoms with Crippen molar-refractivity contribution in [2.45, 2.75) is 58.5 Å². The van der Waals surface area contributed by atoms with Crippen LogP contribution in [0.15, 0.2) is 42.5 Å². The van der Waals surface area contributed by atoms with Gasteiger partial charge >= 0.3 is 5.97 Å². The minimum Gasteiger partial charge on any atom is -0.469 e. The Hall–Kier alpha value is -3.32. The summed E-state index contributed by atoms with van der Waals surface area (Å²) >= 11 is 0. The Morgan fingerprint density at radius 3 is 2.35 bits per heavy atom. The first-order valence-corrected chi connectivity index (χ1v) is 11.4. The van der Waals surface area contributed by atoms with E-state index < -0.39 is 17.9 Å². The molecule has 0 amide bonds. The second kappa shape index (κ2) is 10.7. The van der Waals surface area contributed by atoms with Crippen LogP contribution in [0, 0.1) is 5.82 Å². The summed E-state index contributed by atoms with van der Waals surface area (Å²) in [6.07, 6.45) is 1.64. The van der Waals surface area contributed by atoms with Crippen LogP contribution in [0.4, 0.5) is 4.39 Å². The number of Topliss-reactive ketones (excluding diaryl/α,β-unsaturated/α-hetero) is 1. The number of fused-ring (bicyclic) bond motifs is 1. The summed E-state index contributed by atoms with van der Waals surface area (Å²) in [7, 11) is 1.21. The normalized spacial score (nSPS) is 12.7. The first-order chi connectivity index (χ1) is 16.1. The van der Waals surface area contributed by atoms with Crippen LogP contribution in [-0.4, -0.2) is 39.7 Å². The molecule has 0 saturated carbocycles. The minimum absolute atomic E-state index is 0.123. The van der Waals surface area contributed by atoms with E-state index in [4.69, 9.17) is 5.10 Å². The van der Waals surface area contributed by atoms with E-state index in [1.807, 2.05) is 10.6 Å². The molecule has 0 saturated heterocycles. The van der Waals surface area contributed by atoms with Crippen LogP contribution < -0.4 is 0 Å². The number of esters is 1. The second-order valence-electron chi connectivity index (χ2n) is 8.97. The van der Waals surface area contributed by atoms with Gasteiger partial charge < -0.3 is 9.84 Å². The van der Waals surface area contributed by atoms with Gasteiger partial charge in [0, 0.05) is 23.2 Å². The predicted octanol–water partition coefficient (Wildman–Crippen LogP) is 5.28. The number of hydrogen-bond donors (Lipinski definition) is 1. The molecule has 6 nitrogen and oxygen atoms in total. The summed E-state index contributed by atoms with van der Waals surface area (Å²) in [4.78, 5) is 23.3. The molecular formula is C27H31FN2O4. The van der Waals surface area contributed by atoms with Crippen molar-refractivity contribution >= 4 is 23.3 Å². The van der Waals surface area contributed by atoms with Gasteiger partial charge in [-0.05, 0) is 53.8 Å². The fourth-order valence-corrected chi connectivity index (χ4v) is 4.03. The second-order valence-corrected chi connectivity index (χ2v) is 8.97. The zero-order chi connectivity index (χ0) is 25.0. The monoisotopic (exact) mass is 466 g/mol. The van der Waals surface area contributed by atoms with E-state index in [9.17, 15) is 19.1 Å². The maximum absolute atomic E-state index is 13.6. The zero-order valence-corrected chi connectivity index (χ0v) is 20.2. The molecule has 3 aromatic rings. The fourth-order valence-electron chi connectivity index (χ4n) is 4.03. The summed E-state index contributed by atoms with van der Waals surface area (Å²) < 4.78 is 20.1. The van der Waals surface area contributed by atoms with Gasteiger partial charge in [-0.1, -0.05) is 39.8 Å². The topological polar surface area (TPSA) is 80.9 Å². The number of aromatic nitrogens is 2. The molecule has 7 heteroatoms. The van der Waals surface area contributed by atoms with Crippen LogP contribution in [0.5, 0.6) is 0 Å². The Labute approximate surface area is 199 Å². The molecule has 0 fully saturated rings.